The molecule has 162 valence electrons. The van der Waals surface area contributed by atoms with Crippen molar-refractivity contribution in [1.82, 2.24) is 4.90 Å². The van der Waals surface area contributed by atoms with E-state index in [-0.39, 0.29) is 16.5 Å². The molecule has 2 aromatic carbocycles. The van der Waals surface area contributed by atoms with Crippen LogP contribution in [0.25, 0.3) is 0 Å². The van der Waals surface area contributed by atoms with Gasteiger partial charge in [0.25, 0.3) is 0 Å². The van der Waals surface area contributed by atoms with Gasteiger partial charge in [0.05, 0.1) is 22.1 Å². The summed E-state index contributed by atoms with van der Waals surface area (Å²) in [4.78, 5) is 27.5. The Kier molecular flexibility index (Phi) is 5.92. The second kappa shape index (κ2) is 8.16. The molecule has 2 aromatic rings. The summed E-state index contributed by atoms with van der Waals surface area (Å²) in [6.07, 6.45) is 1.07. The molecule has 0 aromatic heterocycles. The van der Waals surface area contributed by atoms with Gasteiger partial charge in [0.15, 0.2) is 9.84 Å². The third-order valence-corrected chi connectivity index (χ3v) is 6.81. The number of hydrogen-bond acceptors (Lipinski definition) is 5. The van der Waals surface area contributed by atoms with E-state index in [4.69, 9.17) is 0 Å². The van der Waals surface area contributed by atoms with E-state index in [1.54, 1.807) is 19.2 Å². The zero-order valence-corrected chi connectivity index (χ0v) is 18.7. The van der Waals surface area contributed by atoms with Gasteiger partial charge in [-0.05, 0) is 37.1 Å². The highest BCUT2D eigenvalue weighted by Crippen LogP contribution is 2.36. The number of para-hydroxylation sites is 1. The number of hydrogen-bond donors (Lipinski definition) is 1. The highest BCUT2D eigenvalue weighted by Gasteiger charge is 2.44. The lowest BCUT2D eigenvalue weighted by Crippen LogP contribution is -2.33. The standard InChI is InChI=1S/C23H25N3O4S/c1-23(2,14-24)16-9-7-8-15(12-16)17-13-26(3)22(28)20(17)21(27)25-18-10-5-6-11-19(18)31(4,29)30/h5-12,17,20H,13H2,1-4H3,(H,25,27)/t17-,20+/m1/s1. The molecule has 2 amide bonds. The molecule has 1 fully saturated rings. The normalized spacial score (nSPS) is 19.2. The summed E-state index contributed by atoms with van der Waals surface area (Å²) in [6, 6.07) is 15.8. The first-order valence-corrected chi connectivity index (χ1v) is 11.7. The molecule has 1 aliphatic heterocycles. The van der Waals surface area contributed by atoms with Gasteiger partial charge in [-0.3, -0.25) is 9.59 Å². The topological polar surface area (TPSA) is 107 Å². The number of carbonyl (C=O) groups excluding carboxylic acids is 2. The number of rotatable bonds is 5. The van der Waals surface area contributed by atoms with Gasteiger partial charge in [-0.25, -0.2) is 8.42 Å². The van der Waals surface area contributed by atoms with Gasteiger partial charge in [0.1, 0.15) is 5.92 Å². The first-order chi connectivity index (χ1) is 14.5. The SMILES string of the molecule is CN1C[C@H](c2cccc(C(C)(C)C#N)c2)[C@@H](C(=O)Nc2ccccc2S(C)(=O)=O)C1=O. The average Bonchev–Trinajstić information content (AvgIpc) is 3.02. The molecular formula is C23H25N3O4S. The quantitative estimate of drug-likeness (QED) is 0.721. The largest absolute Gasteiger partial charge is 0.344 e. The summed E-state index contributed by atoms with van der Waals surface area (Å²) in [5.41, 5.74) is 1.03. The minimum absolute atomic E-state index is 0.00327. The fraction of sp³-hybridized carbons (Fsp3) is 0.348. The molecule has 0 radical (unpaired) electrons. The maximum absolute atomic E-state index is 13.2. The van der Waals surface area contributed by atoms with Crippen LogP contribution >= 0.6 is 0 Å². The number of nitrogens with zero attached hydrogens (tertiary/aromatic N) is 2. The molecule has 0 saturated carbocycles. The predicted molar refractivity (Wildman–Crippen MR) is 117 cm³/mol. The molecule has 1 aliphatic rings. The number of carbonyl (C=O) groups is 2. The van der Waals surface area contributed by atoms with Crippen molar-refractivity contribution in [3.8, 4) is 6.07 Å². The lowest BCUT2D eigenvalue weighted by Gasteiger charge is -2.21. The monoisotopic (exact) mass is 439 g/mol. The molecule has 1 saturated heterocycles. The Morgan fingerprint density at radius 1 is 1.19 bits per heavy atom. The van der Waals surface area contributed by atoms with Crippen molar-refractivity contribution in [2.24, 2.45) is 5.92 Å². The zero-order chi connectivity index (χ0) is 23.0. The molecule has 7 nitrogen and oxygen atoms in total. The van der Waals surface area contributed by atoms with Crippen LogP contribution in [0.5, 0.6) is 0 Å². The number of benzene rings is 2. The molecule has 2 atom stereocenters. The maximum Gasteiger partial charge on any atom is 0.237 e. The van der Waals surface area contributed by atoms with E-state index in [1.807, 2.05) is 38.1 Å². The van der Waals surface area contributed by atoms with Crippen LogP contribution in [0.2, 0.25) is 0 Å². The highest BCUT2D eigenvalue weighted by molar-refractivity contribution is 7.90. The van der Waals surface area contributed by atoms with E-state index in [1.165, 1.54) is 17.0 Å². The number of nitrogens with one attached hydrogen (secondary N) is 1. The van der Waals surface area contributed by atoms with E-state index in [0.717, 1.165) is 17.4 Å². The summed E-state index contributed by atoms with van der Waals surface area (Å²) < 4.78 is 24.1. The van der Waals surface area contributed by atoms with Crippen molar-refractivity contribution in [3.63, 3.8) is 0 Å². The highest BCUT2D eigenvalue weighted by atomic mass is 32.2. The fourth-order valence-corrected chi connectivity index (χ4v) is 4.66. The van der Waals surface area contributed by atoms with Crippen molar-refractivity contribution in [1.29, 1.82) is 5.26 Å². The third kappa shape index (κ3) is 4.47. The minimum atomic E-state index is -3.56. The van der Waals surface area contributed by atoms with Crippen molar-refractivity contribution < 1.29 is 18.0 Å². The van der Waals surface area contributed by atoms with Crippen molar-refractivity contribution in [2.75, 3.05) is 25.2 Å². The van der Waals surface area contributed by atoms with Crippen LogP contribution in [0.15, 0.2) is 53.4 Å². The fourth-order valence-electron chi connectivity index (χ4n) is 3.82. The molecule has 0 spiro atoms. The van der Waals surface area contributed by atoms with Crippen LogP contribution in [0.3, 0.4) is 0 Å². The Morgan fingerprint density at radius 2 is 1.87 bits per heavy atom. The molecule has 0 bridgehead atoms. The first kappa shape index (κ1) is 22.5. The van der Waals surface area contributed by atoms with E-state index < -0.39 is 33.0 Å². The summed E-state index contributed by atoms with van der Waals surface area (Å²) in [7, 11) is -1.92. The second-order valence-electron chi connectivity index (χ2n) is 8.42. The third-order valence-electron chi connectivity index (χ3n) is 5.66. The number of likely N-dealkylation sites (tertiary alicyclic amines) is 1. The molecule has 3 rings (SSSR count). The van der Waals surface area contributed by atoms with Crippen molar-refractivity contribution >= 4 is 27.3 Å². The molecule has 0 unspecified atom stereocenters. The first-order valence-electron chi connectivity index (χ1n) is 9.82. The van der Waals surface area contributed by atoms with Gasteiger partial charge in [0.2, 0.25) is 11.8 Å². The average molecular weight is 440 g/mol. The molecule has 8 heteroatoms. The summed E-state index contributed by atoms with van der Waals surface area (Å²) >= 11 is 0. The smallest absolute Gasteiger partial charge is 0.237 e. The van der Waals surface area contributed by atoms with E-state index in [2.05, 4.69) is 11.4 Å². The maximum atomic E-state index is 13.2. The van der Waals surface area contributed by atoms with Crippen LogP contribution in [0.1, 0.15) is 30.9 Å². The lowest BCUT2D eigenvalue weighted by atomic mass is 9.81. The van der Waals surface area contributed by atoms with Gasteiger partial charge in [-0.2, -0.15) is 5.26 Å². The van der Waals surface area contributed by atoms with Crippen LogP contribution in [-0.2, 0) is 24.8 Å². The van der Waals surface area contributed by atoms with Gasteiger partial charge in [0, 0.05) is 25.8 Å². The molecular weight excluding hydrogens is 414 g/mol. The predicted octanol–water partition coefficient (Wildman–Crippen LogP) is 2.70. The molecule has 0 aliphatic carbocycles. The summed E-state index contributed by atoms with van der Waals surface area (Å²) in [6.45, 7) is 3.97. The van der Waals surface area contributed by atoms with Crippen LogP contribution in [0.4, 0.5) is 5.69 Å². The Morgan fingerprint density at radius 3 is 2.52 bits per heavy atom. The zero-order valence-electron chi connectivity index (χ0n) is 17.9. The minimum Gasteiger partial charge on any atom is -0.344 e. The van der Waals surface area contributed by atoms with Crippen molar-refractivity contribution in [2.45, 2.75) is 30.1 Å². The Balaban J connectivity index is 1.97. The van der Waals surface area contributed by atoms with Gasteiger partial charge < -0.3 is 10.2 Å². The molecule has 1 heterocycles. The van der Waals surface area contributed by atoms with Crippen LogP contribution < -0.4 is 5.32 Å². The van der Waals surface area contributed by atoms with E-state index in [0.29, 0.717) is 6.54 Å². The number of amides is 2. The number of nitriles is 1. The Labute approximate surface area is 182 Å². The Bertz CT molecular complexity index is 1180. The molecule has 1 N–H and O–H groups in total. The van der Waals surface area contributed by atoms with Crippen LogP contribution in [0, 0.1) is 17.2 Å². The Hall–Kier alpha value is -3.18. The number of anilines is 1. The van der Waals surface area contributed by atoms with Crippen LogP contribution in [-0.4, -0.2) is 45.0 Å². The second-order valence-corrected chi connectivity index (χ2v) is 10.4. The number of sulfone groups is 1. The molecule has 31 heavy (non-hydrogen) atoms. The van der Waals surface area contributed by atoms with Crippen molar-refractivity contribution in [3.05, 3.63) is 59.7 Å². The van der Waals surface area contributed by atoms with Gasteiger partial charge in [-0.1, -0.05) is 36.4 Å². The van der Waals surface area contributed by atoms with E-state index in [9.17, 15) is 23.3 Å². The van der Waals surface area contributed by atoms with Gasteiger partial charge in [-0.15, -0.1) is 0 Å². The number of likely N-dealkylation sites (N-methyl/N-ethyl adjacent to an activating group) is 1. The lowest BCUT2D eigenvalue weighted by molar-refractivity contribution is -0.135. The summed E-state index contributed by atoms with van der Waals surface area (Å²) in [5, 5.41) is 12.1. The van der Waals surface area contributed by atoms with E-state index >= 15 is 0 Å². The summed E-state index contributed by atoms with van der Waals surface area (Å²) in [5.74, 6) is -2.31. The van der Waals surface area contributed by atoms with Gasteiger partial charge >= 0.3 is 0 Å².